The van der Waals surface area contributed by atoms with Gasteiger partial charge < -0.3 is 4.74 Å². The number of nitrogens with zero attached hydrogens (tertiary/aromatic N) is 1. The Hall–Kier alpha value is 0.160. The Bertz CT molecular complexity index is 355. The molecule has 2 rings (SSSR count). The average molecular weight is 268 g/mol. The molecule has 1 heterocycles. The minimum Gasteiger partial charge on any atom is -0.373 e. The maximum atomic E-state index is 11.2. The molecule has 0 aromatic heterocycles. The minimum atomic E-state index is -3.50. The van der Waals surface area contributed by atoms with Crippen molar-refractivity contribution in [3.05, 3.63) is 0 Å². The Morgan fingerprint density at radius 3 is 2.69 bits per heavy atom. The molecule has 1 aliphatic heterocycles. The van der Waals surface area contributed by atoms with Crippen LogP contribution in [0.5, 0.6) is 0 Å². The standard InChI is InChI=1S/C10H18ClNO3S/c1-2-15-10(8-16(11,13)14)5-6-12(7-10)9-3-4-9/h9H,2-8H2,1H3. The zero-order chi connectivity index (χ0) is 11.8. The molecule has 16 heavy (non-hydrogen) atoms. The molecule has 0 aromatic rings. The van der Waals surface area contributed by atoms with Gasteiger partial charge in [-0.3, -0.25) is 4.90 Å². The van der Waals surface area contributed by atoms with Crippen LogP contribution in [0.3, 0.4) is 0 Å². The number of hydrogen-bond acceptors (Lipinski definition) is 4. The molecule has 1 unspecified atom stereocenters. The lowest BCUT2D eigenvalue weighted by molar-refractivity contribution is -0.0137. The predicted molar refractivity (Wildman–Crippen MR) is 63.2 cm³/mol. The molecule has 1 aliphatic carbocycles. The van der Waals surface area contributed by atoms with Crippen LogP contribution in [0, 0.1) is 0 Å². The SMILES string of the molecule is CCOC1(CS(=O)(=O)Cl)CCN(C2CC2)C1. The van der Waals surface area contributed by atoms with Gasteiger partial charge in [0.1, 0.15) is 0 Å². The van der Waals surface area contributed by atoms with Crippen molar-refractivity contribution in [1.82, 2.24) is 4.90 Å². The third kappa shape index (κ3) is 3.09. The van der Waals surface area contributed by atoms with Gasteiger partial charge in [0, 0.05) is 36.4 Å². The summed E-state index contributed by atoms with van der Waals surface area (Å²) >= 11 is 0. The number of halogens is 1. The second kappa shape index (κ2) is 4.44. The van der Waals surface area contributed by atoms with E-state index in [0.717, 1.165) is 13.0 Å². The minimum absolute atomic E-state index is 0.0708. The van der Waals surface area contributed by atoms with Crippen molar-refractivity contribution in [2.45, 2.75) is 37.8 Å². The van der Waals surface area contributed by atoms with Crippen LogP contribution in [0.15, 0.2) is 0 Å². The first-order chi connectivity index (χ1) is 7.44. The Morgan fingerprint density at radius 1 is 1.50 bits per heavy atom. The van der Waals surface area contributed by atoms with Crippen LogP contribution in [-0.2, 0) is 13.8 Å². The van der Waals surface area contributed by atoms with Crippen molar-refractivity contribution in [2.75, 3.05) is 25.4 Å². The van der Waals surface area contributed by atoms with Crippen LogP contribution >= 0.6 is 10.7 Å². The number of rotatable bonds is 5. The molecule has 4 nitrogen and oxygen atoms in total. The smallest absolute Gasteiger partial charge is 0.235 e. The number of likely N-dealkylation sites (tertiary alicyclic amines) is 1. The lowest BCUT2D eigenvalue weighted by Gasteiger charge is -2.28. The maximum absolute atomic E-state index is 11.2. The van der Waals surface area contributed by atoms with Crippen molar-refractivity contribution in [1.29, 1.82) is 0 Å². The van der Waals surface area contributed by atoms with Crippen LogP contribution in [-0.4, -0.2) is 50.4 Å². The highest BCUT2D eigenvalue weighted by Gasteiger charge is 2.46. The fraction of sp³-hybridized carbons (Fsp3) is 1.00. The predicted octanol–water partition coefficient (Wildman–Crippen LogP) is 1.20. The highest BCUT2D eigenvalue weighted by atomic mass is 35.7. The third-order valence-electron chi connectivity index (χ3n) is 3.30. The van der Waals surface area contributed by atoms with E-state index in [4.69, 9.17) is 15.4 Å². The Morgan fingerprint density at radius 2 is 2.19 bits per heavy atom. The molecular weight excluding hydrogens is 250 g/mol. The van der Waals surface area contributed by atoms with E-state index in [1.165, 1.54) is 12.8 Å². The molecule has 94 valence electrons. The van der Waals surface area contributed by atoms with Crippen molar-refractivity contribution in [3.8, 4) is 0 Å². The summed E-state index contributed by atoms with van der Waals surface area (Å²) in [6.45, 7) is 4.06. The van der Waals surface area contributed by atoms with Gasteiger partial charge in [-0.1, -0.05) is 0 Å². The molecule has 2 aliphatic rings. The summed E-state index contributed by atoms with van der Waals surface area (Å²) in [6.07, 6.45) is 3.23. The van der Waals surface area contributed by atoms with Gasteiger partial charge in [-0.25, -0.2) is 8.42 Å². The summed E-state index contributed by atoms with van der Waals surface area (Å²) in [5, 5.41) is 0. The molecule has 1 atom stereocenters. The Kier molecular flexibility index (Phi) is 3.50. The summed E-state index contributed by atoms with van der Waals surface area (Å²) in [7, 11) is 1.86. The van der Waals surface area contributed by atoms with Crippen LogP contribution in [0.2, 0.25) is 0 Å². The largest absolute Gasteiger partial charge is 0.373 e. The van der Waals surface area contributed by atoms with Crippen LogP contribution in [0.1, 0.15) is 26.2 Å². The fourth-order valence-corrected chi connectivity index (χ4v) is 4.07. The zero-order valence-electron chi connectivity index (χ0n) is 9.49. The monoisotopic (exact) mass is 267 g/mol. The topological polar surface area (TPSA) is 46.6 Å². The second-order valence-corrected chi connectivity index (χ2v) is 7.53. The van der Waals surface area contributed by atoms with Gasteiger partial charge in [0.2, 0.25) is 9.05 Å². The Balaban J connectivity index is 2.04. The lowest BCUT2D eigenvalue weighted by Crippen LogP contribution is -2.42. The van der Waals surface area contributed by atoms with Crippen molar-refractivity contribution in [3.63, 3.8) is 0 Å². The number of ether oxygens (including phenoxy) is 1. The van der Waals surface area contributed by atoms with Crippen LogP contribution in [0.4, 0.5) is 0 Å². The van der Waals surface area contributed by atoms with Crippen molar-refractivity contribution in [2.24, 2.45) is 0 Å². The quantitative estimate of drug-likeness (QED) is 0.703. The third-order valence-corrected chi connectivity index (χ3v) is 4.49. The van der Waals surface area contributed by atoms with Gasteiger partial charge in [-0.2, -0.15) is 0 Å². The van der Waals surface area contributed by atoms with Crippen LogP contribution < -0.4 is 0 Å². The van der Waals surface area contributed by atoms with Gasteiger partial charge in [-0.05, 0) is 26.2 Å². The van der Waals surface area contributed by atoms with E-state index >= 15 is 0 Å². The molecule has 1 saturated heterocycles. The fourth-order valence-electron chi connectivity index (χ4n) is 2.52. The lowest BCUT2D eigenvalue weighted by atomic mass is 10.1. The van der Waals surface area contributed by atoms with E-state index in [1.807, 2.05) is 6.92 Å². The summed E-state index contributed by atoms with van der Waals surface area (Å²) in [6, 6.07) is 0.653. The molecule has 6 heteroatoms. The zero-order valence-corrected chi connectivity index (χ0v) is 11.1. The molecule has 0 spiro atoms. The van der Waals surface area contributed by atoms with E-state index in [1.54, 1.807) is 0 Å². The Labute approximate surface area is 101 Å². The number of hydrogen-bond donors (Lipinski definition) is 0. The summed E-state index contributed by atoms with van der Waals surface area (Å²) in [5.74, 6) is -0.0708. The molecular formula is C10H18ClNO3S. The molecule has 0 aromatic carbocycles. The molecule has 0 radical (unpaired) electrons. The first-order valence-corrected chi connectivity index (χ1v) is 8.22. The average Bonchev–Trinajstić information content (AvgIpc) is 2.89. The van der Waals surface area contributed by atoms with Gasteiger partial charge >= 0.3 is 0 Å². The highest BCUT2D eigenvalue weighted by Crippen LogP contribution is 2.36. The van der Waals surface area contributed by atoms with E-state index in [2.05, 4.69) is 4.90 Å². The molecule has 0 N–H and O–H groups in total. The molecule has 0 bridgehead atoms. The summed E-state index contributed by atoms with van der Waals surface area (Å²) in [4.78, 5) is 2.33. The van der Waals surface area contributed by atoms with E-state index in [9.17, 15) is 8.42 Å². The van der Waals surface area contributed by atoms with Crippen LogP contribution in [0.25, 0.3) is 0 Å². The van der Waals surface area contributed by atoms with Gasteiger partial charge in [0.15, 0.2) is 0 Å². The second-order valence-electron chi connectivity index (χ2n) is 4.75. The highest BCUT2D eigenvalue weighted by molar-refractivity contribution is 8.13. The first kappa shape index (κ1) is 12.6. The normalized spacial score (nSPS) is 32.1. The molecule has 2 fully saturated rings. The van der Waals surface area contributed by atoms with Gasteiger partial charge in [-0.15, -0.1) is 0 Å². The molecule has 0 amide bonds. The van der Waals surface area contributed by atoms with Crippen molar-refractivity contribution >= 4 is 19.7 Å². The van der Waals surface area contributed by atoms with Crippen molar-refractivity contribution < 1.29 is 13.2 Å². The molecule has 1 saturated carbocycles. The van der Waals surface area contributed by atoms with E-state index < -0.39 is 14.7 Å². The van der Waals surface area contributed by atoms with Gasteiger partial charge in [0.05, 0.1) is 11.4 Å². The van der Waals surface area contributed by atoms with E-state index in [-0.39, 0.29) is 5.75 Å². The summed E-state index contributed by atoms with van der Waals surface area (Å²) in [5.41, 5.74) is -0.572. The summed E-state index contributed by atoms with van der Waals surface area (Å²) < 4.78 is 28.1. The maximum Gasteiger partial charge on any atom is 0.235 e. The van der Waals surface area contributed by atoms with E-state index in [0.29, 0.717) is 19.2 Å². The van der Waals surface area contributed by atoms with Gasteiger partial charge in [0.25, 0.3) is 0 Å². The first-order valence-electron chi connectivity index (χ1n) is 5.74.